The lowest BCUT2D eigenvalue weighted by molar-refractivity contribution is 0.829. The van der Waals surface area contributed by atoms with Crippen molar-refractivity contribution in [3.05, 3.63) is 17.5 Å². The second-order valence-corrected chi connectivity index (χ2v) is 3.36. The maximum absolute atomic E-state index is 5.47. The highest BCUT2D eigenvalue weighted by Crippen LogP contribution is 2.09. The van der Waals surface area contributed by atoms with E-state index in [0.29, 0.717) is 6.54 Å². The second-order valence-electron chi connectivity index (χ2n) is 3.36. The molecule has 4 heteroatoms. The zero-order valence-corrected chi connectivity index (χ0v) is 9.12. The van der Waals surface area contributed by atoms with Gasteiger partial charge >= 0.3 is 0 Å². The standard InChI is InChI=1S/C10H18N4/c1-4-9-8(2)7-12-10(13-9)14(3)6-5-11/h7H,4-6,11H2,1-3H3. The zero-order chi connectivity index (χ0) is 10.6. The Morgan fingerprint density at radius 2 is 2.21 bits per heavy atom. The molecule has 1 aromatic rings. The molecule has 0 saturated carbocycles. The Bertz CT molecular complexity index is 298. The van der Waals surface area contributed by atoms with Crippen LogP contribution in [0.4, 0.5) is 5.95 Å². The predicted octanol–water partition coefficient (Wildman–Crippen LogP) is 0.742. The zero-order valence-electron chi connectivity index (χ0n) is 9.12. The molecule has 2 N–H and O–H groups in total. The number of likely N-dealkylation sites (N-methyl/N-ethyl adjacent to an activating group) is 1. The minimum atomic E-state index is 0.620. The fourth-order valence-electron chi connectivity index (χ4n) is 1.30. The Kier molecular flexibility index (Phi) is 3.83. The molecule has 14 heavy (non-hydrogen) atoms. The van der Waals surface area contributed by atoms with Crippen molar-refractivity contribution in [1.29, 1.82) is 0 Å². The van der Waals surface area contributed by atoms with Gasteiger partial charge < -0.3 is 10.6 Å². The summed E-state index contributed by atoms with van der Waals surface area (Å²) in [6, 6.07) is 0. The number of aryl methyl sites for hydroxylation is 2. The monoisotopic (exact) mass is 194 g/mol. The van der Waals surface area contributed by atoms with Crippen molar-refractivity contribution in [3.8, 4) is 0 Å². The van der Waals surface area contributed by atoms with Crippen LogP contribution < -0.4 is 10.6 Å². The minimum Gasteiger partial charge on any atom is -0.343 e. The van der Waals surface area contributed by atoms with Crippen molar-refractivity contribution >= 4 is 5.95 Å². The molecule has 0 spiro atoms. The van der Waals surface area contributed by atoms with E-state index in [1.807, 2.05) is 25.1 Å². The van der Waals surface area contributed by atoms with Crippen LogP contribution in [-0.4, -0.2) is 30.1 Å². The molecular formula is C10H18N4. The predicted molar refractivity (Wildman–Crippen MR) is 58.5 cm³/mol. The van der Waals surface area contributed by atoms with Crippen LogP contribution in [0.25, 0.3) is 0 Å². The van der Waals surface area contributed by atoms with Gasteiger partial charge in [-0.25, -0.2) is 9.97 Å². The van der Waals surface area contributed by atoms with E-state index in [1.165, 1.54) is 0 Å². The summed E-state index contributed by atoms with van der Waals surface area (Å²) in [5, 5.41) is 0. The Labute approximate surface area is 85.2 Å². The molecule has 0 bridgehead atoms. The molecule has 0 saturated heterocycles. The van der Waals surface area contributed by atoms with Gasteiger partial charge in [-0.3, -0.25) is 0 Å². The molecule has 0 fully saturated rings. The highest BCUT2D eigenvalue weighted by Gasteiger charge is 2.05. The summed E-state index contributed by atoms with van der Waals surface area (Å²) in [6.45, 7) is 5.54. The average molecular weight is 194 g/mol. The maximum atomic E-state index is 5.47. The smallest absolute Gasteiger partial charge is 0.225 e. The fraction of sp³-hybridized carbons (Fsp3) is 0.600. The summed E-state index contributed by atoms with van der Waals surface area (Å²) in [5.41, 5.74) is 7.73. The number of nitrogens with two attached hydrogens (primary N) is 1. The van der Waals surface area contributed by atoms with Crippen molar-refractivity contribution in [1.82, 2.24) is 9.97 Å². The van der Waals surface area contributed by atoms with Crippen molar-refractivity contribution < 1.29 is 0 Å². The maximum Gasteiger partial charge on any atom is 0.225 e. The molecule has 1 aromatic heterocycles. The van der Waals surface area contributed by atoms with E-state index in [0.717, 1.165) is 30.2 Å². The molecule has 0 aliphatic carbocycles. The highest BCUT2D eigenvalue weighted by atomic mass is 15.2. The summed E-state index contributed by atoms with van der Waals surface area (Å²) in [6.07, 6.45) is 2.81. The number of nitrogens with zero attached hydrogens (tertiary/aromatic N) is 3. The summed E-state index contributed by atoms with van der Waals surface area (Å²) in [5.74, 6) is 0.762. The van der Waals surface area contributed by atoms with Gasteiger partial charge in [0.25, 0.3) is 0 Å². The van der Waals surface area contributed by atoms with Crippen molar-refractivity contribution in [2.75, 3.05) is 25.0 Å². The van der Waals surface area contributed by atoms with Crippen LogP contribution in [0.1, 0.15) is 18.2 Å². The first-order chi connectivity index (χ1) is 6.69. The largest absolute Gasteiger partial charge is 0.343 e. The number of anilines is 1. The van der Waals surface area contributed by atoms with E-state index >= 15 is 0 Å². The molecule has 78 valence electrons. The molecule has 0 atom stereocenters. The number of rotatable bonds is 4. The fourth-order valence-corrected chi connectivity index (χ4v) is 1.30. The van der Waals surface area contributed by atoms with E-state index in [-0.39, 0.29) is 0 Å². The first-order valence-electron chi connectivity index (χ1n) is 4.92. The third-order valence-electron chi connectivity index (χ3n) is 2.20. The van der Waals surface area contributed by atoms with E-state index in [4.69, 9.17) is 5.73 Å². The molecule has 0 aromatic carbocycles. The number of hydrogen-bond acceptors (Lipinski definition) is 4. The summed E-state index contributed by atoms with van der Waals surface area (Å²) >= 11 is 0. The van der Waals surface area contributed by atoms with Gasteiger partial charge in [-0.2, -0.15) is 0 Å². The summed E-state index contributed by atoms with van der Waals surface area (Å²) < 4.78 is 0. The van der Waals surface area contributed by atoms with Gasteiger partial charge in [0.2, 0.25) is 5.95 Å². The van der Waals surface area contributed by atoms with Crippen molar-refractivity contribution in [2.24, 2.45) is 5.73 Å². The van der Waals surface area contributed by atoms with Gasteiger partial charge in [0.05, 0.1) is 0 Å². The normalized spacial score (nSPS) is 10.3. The van der Waals surface area contributed by atoms with Gasteiger partial charge in [0, 0.05) is 32.0 Å². The van der Waals surface area contributed by atoms with Crippen LogP contribution in [0.15, 0.2) is 6.20 Å². The molecule has 0 radical (unpaired) electrons. The SMILES string of the molecule is CCc1nc(N(C)CCN)ncc1C. The second kappa shape index (κ2) is 4.91. The Balaban J connectivity index is 2.88. The van der Waals surface area contributed by atoms with E-state index in [9.17, 15) is 0 Å². The Morgan fingerprint density at radius 3 is 2.79 bits per heavy atom. The van der Waals surface area contributed by atoms with Crippen LogP contribution >= 0.6 is 0 Å². The Hall–Kier alpha value is -1.16. The topological polar surface area (TPSA) is 55.0 Å². The lowest BCUT2D eigenvalue weighted by Gasteiger charge is -2.16. The number of aromatic nitrogens is 2. The molecule has 1 rings (SSSR count). The van der Waals surface area contributed by atoms with E-state index in [1.54, 1.807) is 0 Å². The number of hydrogen-bond donors (Lipinski definition) is 1. The average Bonchev–Trinajstić information content (AvgIpc) is 2.19. The van der Waals surface area contributed by atoms with Crippen LogP contribution in [0.2, 0.25) is 0 Å². The van der Waals surface area contributed by atoms with E-state index < -0.39 is 0 Å². The Morgan fingerprint density at radius 1 is 1.50 bits per heavy atom. The third-order valence-corrected chi connectivity index (χ3v) is 2.20. The van der Waals surface area contributed by atoms with E-state index in [2.05, 4.69) is 16.9 Å². The molecule has 4 nitrogen and oxygen atoms in total. The first kappa shape index (κ1) is 10.9. The summed E-state index contributed by atoms with van der Waals surface area (Å²) in [4.78, 5) is 10.7. The van der Waals surface area contributed by atoms with Gasteiger partial charge in [0.15, 0.2) is 0 Å². The molecular weight excluding hydrogens is 176 g/mol. The minimum absolute atomic E-state index is 0.620. The van der Waals surface area contributed by atoms with Crippen LogP contribution in [0.3, 0.4) is 0 Å². The van der Waals surface area contributed by atoms with Crippen LogP contribution in [-0.2, 0) is 6.42 Å². The summed E-state index contributed by atoms with van der Waals surface area (Å²) in [7, 11) is 1.96. The molecule has 0 aliphatic heterocycles. The van der Waals surface area contributed by atoms with Crippen molar-refractivity contribution in [2.45, 2.75) is 20.3 Å². The lowest BCUT2D eigenvalue weighted by Crippen LogP contribution is -2.27. The first-order valence-corrected chi connectivity index (χ1v) is 4.92. The molecule has 1 heterocycles. The van der Waals surface area contributed by atoms with Gasteiger partial charge in [-0.1, -0.05) is 6.92 Å². The van der Waals surface area contributed by atoms with Crippen molar-refractivity contribution in [3.63, 3.8) is 0 Å². The van der Waals surface area contributed by atoms with Gasteiger partial charge in [-0.15, -0.1) is 0 Å². The van der Waals surface area contributed by atoms with Crippen LogP contribution in [0.5, 0.6) is 0 Å². The highest BCUT2D eigenvalue weighted by molar-refractivity contribution is 5.31. The molecule has 0 aliphatic rings. The third kappa shape index (κ3) is 2.42. The molecule has 0 unspecified atom stereocenters. The van der Waals surface area contributed by atoms with Gasteiger partial charge in [0.1, 0.15) is 0 Å². The quantitative estimate of drug-likeness (QED) is 0.768. The molecule has 0 amide bonds. The van der Waals surface area contributed by atoms with Gasteiger partial charge in [-0.05, 0) is 18.9 Å². The van der Waals surface area contributed by atoms with Crippen LogP contribution in [0, 0.1) is 6.92 Å². The lowest BCUT2D eigenvalue weighted by atomic mass is 10.2.